The summed E-state index contributed by atoms with van der Waals surface area (Å²) in [5.41, 5.74) is 2.20. The SMILES string of the molecule is O=C(O)[C@]1(NOCc2ccccc2)CCOc2ccc(F)cc21. The molecule has 2 N–H and O–H groups in total. The lowest BCUT2D eigenvalue weighted by Crippen LogP contribution is -2.52. The topological polar surface area (TPSA) is 67.8 Å². The molecule has 2 aromatic carbocycles. The molecular formula is C17H16FNO4. The van der Waals surface area contributed by atoms with Crippen LogP contribution in [0.4, 0.5) is 4.39 Å². The zero-order valence-electron chi connectivity index (χ0n) is 12.3. The number of hydrogen-bond donors (Lipinski definition) is 2. The highest BCUT2D eigenvalue weighted by Crippen LogP contribution is 2.37. The van der Waals surface area contributed by atoms with Crippen molar-refractivity contribution in [3.8, 4) is 5.75 Å². The molecular weight excluding hydrogens is 301 g/mol. The first kappa shape index (κ1) is 15.5. The largest absolute Gasteiger partial charge is 0.493 e. The van der Waals surface area contributed by atoms with Crippen molar-refractivity contribution in [2.45, 2.75) is 18.6 Å². The van der Waals surface area contributed by atoms with E-state index in [4.69, 9.17) is 9.57 Å². The van der Waals surface area contributed by atoms with Crippen molar-refractivity contribution in [3.63, 3.8) is 0 Å². The Morgan fingerprint density at radius 1 is 1.30 bits per heavy atom. The molecule has 0 unspecified atom stereocenters. The number of carboxylic acid groups (broad SMARTS) is 1. The molecule has 0 saturated heterocycles. The maximum absolute atomic E-state index is 13.6. The Morgan fingerprint density at radius 3 is 2.83 bits per heavy atom. The van der Waals surface area contributed by atoms with E-state index in [2.05, 4.69) is 5.48 Å². The number of hydrogen-bond acceptors (Lipinski definition) is 4. The summed E-state index contributed by atoms with van der Waals surface area (Å²) in [6, 6.07) is 13.2. The van der Waals surface area contributed by atoms with Gasteiger partial charge in [0.25, 0.3) is 0 Å². The highest BCUT2D eigenvalue weighted by molar-refractivity contribution is 5.82. The van der Waals surface area contributed by atoms with E-state index in [1.165, 1.54) is 18.2 Å². The molecule has 0 amide bonds. The molecule has 0 aliphatic carbocycles. The number of aliphatic carboxylic acids is 1. The van der Waals surface area contributed by atoms with Crippen LogP contribution in [0, 0.1) is 5.82 Å². The second kappa shape index (κ2) is 6.36. The summed E-state index contributed by atoms with van der Waals surface area (Å²) in [5.74, 6) is -1.32. The van der Waals surface area contributed by atoms with E-state index in [0.29, 0.717) is 5.75 Å². The van der Waals surface area contributed by atoms with Crippen molar-refractivity contribution in [2.24, 2.45) is 0 Å². The van der Waals surface area contributed by atoms with Crippen molar-refractivity contribution < 1.29 is 23.9 Å². The van der Waals surface area contributed by atoms with Gasteiger partial charge in [0.15, 0.2) is 5.54 Å². The van der Waals surface area contributed by atoms with Crippen LogP contribution in [-0.4, -0.2) is 17.7 Å². The van der Waals surface area contributed by atoms with Crippen molar-refractivity contribution in [2.75, 3.05) is 6.61 Å². The second-order valence-electron chi connectivity index (χ2n) is 5.33. The van der Waals surface area contributed by atoms with E-state index in [-0.39, 0.29) is 25.2 Å². The van der Waals surface area contributed by atoms with Gasteiger partial charge in [-0.2, -0.15) is 5.48 Å². The molecule has 0 saturated carbocycles. The monoisotopic (exact) mass is 317 g/mol. The fourth-order valence-corrected chi connectivity index (χ4v) is 2.60. The average Bonchev–Trinajstić information content (AvgIpc) is 2.56. The van der Waals surface area contributed by atoms with Gasteiger partial charge in [-0.15, -0.1) is 0 Å². The standard InChI is InChI=1S/C17H16FNO4/c18-13-6-7-15-14(10-13)17(16(20)21,8-9-22-15)19-23-11-12-4-2-1-3-5-12/h1-7,10,19H,8-9,11H2,(H,20,21)/t17-/m0/s1. The first-order valence-electron chi connectivity index (χ1n) is 7.21. The molecule has 1 atom stereocenters. The fraction of sp³-hybridized carbons (Fsp3) is 0.235. The van der Waals surface area contributed by atoms with Crippen LogP contribution in [0.25, 0.3) is 0 Å². The molecule has 0 aromatic heterocycles. The van der Waals surface area contributed by atoms with Gasteiger partial charge in [0.2, 0.25) is 0 Å². The zero-order chi connectivity index (χ0) is 16.3. The van der Waals surface area contributed by atoms with Crippen molar-refractivity contribution in [3.05, 3.63) is 65.5 Å². The second-order valence-corrected chi connectivity index (χ2v) is 5.33. The van der Waals surface area contributed by atoms with Gasteiger partial charge in [0.05, 0.1) is 13.2 Å². The first-order valence-corrected chi connectivity index (χ1v) is 7.21. The third-order valence-corrected chi connectivity index (χ3v) is 3.83. The Hall–Kier alpha value is -2.44. The predicted molar refractivity (Wildman–Crippen MR) is 80.2 cm³/mol. The summed E-state index contributed by atoms with van der Waals surface area (Å²) in [6.45, 7) is 0.397. The molecule has 1 heterocycles. The third kappa shape index (κ3) is 3.04. The predicted octanol–water partition coefficient (Wildman–Crippen LogP) is 2.61. The summed E-state index contributed by atoms with van der Waals surface area (Å²) in [4.78, 5) is 17.3. The molecule has 2 aromatic rings. The molecule has 120 valence electrons. The summed E-state index contributed by atoms with van der Waals surface area (Å²) >= 11 is 0. The lowest BCUT2D eigenvalue weighted by Gasteiger charge is -2.35. The lowest BCUT2D eigenvalue weighted by atomic mass is 9.85. The number of benzene rings is 2. The minimum absolute atomic E-state index is 0.133. The summed E-state index contributed by atoms with van der Waals surface area (Å²) in [5, 5.41) is 9.70. The Bertz CT molecular complexity index is 707. The molecule has 0 fully saturated rings. The smallest absolute Gasteiger partial charge is 0.331 e. The van der Waals surface area contributed by atoms with Gasteiger partial charge in [0.1, 0.15) is 11.6 Å². The Kier molecular flexibility index (Phi) is 4.27. The molecule has 0 radical (unpaired) electrons. The van der Waals surface area contributed by atoms with Crippen LogP contribution in [0.5, 0.6) is 5.75 Å². The highest BCUT2D eigenvalue weighted by Gasteiger charge is 2.45. The molecule has 1 aliphatic heterocycles. The van der Waals surface area contributed by atoms with E-state index in [1.807, 2.05) is 30.3 Å². The minimum Gasteiger partial charge on any atom is -0.493 e. The normalized spacial score (nSPS) is 19.7. The van der Waals surface area contributed by atoms with E-state index in [9.17, 15) is 14.3 Å². The van der Waals surface area contributed by atoms with Crippen molar-refractivity contribution in [1.29, 1.82) is 0 Å². The number of rotatable bonds is 5. The van der Waals surface area contributed by atoms with Crippen LogP contribution in [0.15, 0.2) is 48.5 Å². The number of carbonyl (C=O) groups is 1. The lowest BCUT2D eigenvalue weighted by molar-refractivity contribution is -0.157. The van der Waals surface area contributed by atoms with Gasteiger partial charge in [0, 0.05) is 12.0 Å². The number of halogens is 1. The molecule has 0 spiro atoms. The number of carboxylic acids is 1. The maximum Gasteiger partial charge on any atom is 0.331 e. The van der Waals surface area contributed by atoms with Gasteiger partial charge in [-0.25, -0.2) is 9.18 Å². The van der Waals surface area contributed by atoms with Crippen LogP contribution in [0.2, 0.25) is 0 Å². The van der Waals surface area contributed by atoms with Gasteiger partial charge in [-0.3, -0.25) is 4.84 Å². The number of ether oxygens (including phenoxy) is 1. The number of nitrogens with one attached hydrogen (secondary N) is 1. The quantitative estimate of drug-likeness (QED) is 0.830. The van der Waals surface area contributed by atoms with Crippen LogP contribution in [0.3, 0.4) is 0 Å². The van der Waals surface area contributed by atoms with E-state index < -0.39 is 17.3 Å². The van der Waals surface area contributed by atoms with E-state index >= 15 is 0 Å². The Labute approximate surface area is 132 Å². The summed E-state index contributed by atoms with van der Waals surface area (Å²) < 4.78 is 19.0. The summed E-state index contributed by atoms with van der Waals surface area (Å²) in [6.07, 6.45) is 0.133. The molecule has 3 rings (SSSR count). The maximum atomic E-state index is 13.6. The molecule has 6 heteroatoms. The molecule has 1 aliphatic rings. The number of hydroxylamine groups is 1. The van der Waals surface area contributed by atoms with Gasteiger partial charge < -0.3 is 9.84 Å². The number of fused-ring (bicyclic) bond motifs is 1. The molecule has 0 bridgehead atoms. The van der Waals surface area contributed by atoms with Crippen LogP contribution in [-0.2, 0) is 21.8 Å². The minimum atomic E-state index is -1.54. The van der Waals surface area contributed by atoms with Gasteiger partial charge in [-0.1, -0.05) is 30.3 Å². The Balaban J connectivity index is 1.84. The highest BCUT2D eigenvalue weighted by atomic mass is 19.1. The van der Waals surface area contributed by atoms with Crippen molar-refractivity contribution in [1.82, 2.24) is 5.48 Å². The van der Waals surface area contributed by atoms with Crippen LogP contribution < -0.4 is 10.2 Å². The van der Waals surface area contributed by atoms with Crippen LogP contribution in [0.1, 0.15) is 17.5 Å². The molecule has 23 heavy (non-hydrogen) atoms. The van der Waals surface area contributed by atoms with Crippen molar-refractivity contribution >= 4 is 5.97 Å². The van der Waals surface area contributed by atoms with Gasteiger partial charge in [-0.05, 0) is 23.8 Å². The molecule has 5 nitrogen and oxygen atoms in total. The average molecular weight is 317 g/mol. The van der Waals surface area contributed by atoms with Gasteiger partial charge >= 0.3 is 5.97 Å². The Morgan fingerprint density at radius 2 is 2.09 bits per heavy atom. The zero-order valence-corrected chi connectivity index (χ0v) is 12.3. The summed E-state index contributed by atoms with van der Waals surface area (Å²) in [7, 11) is 0. The van der Waals surface area contributed by atoms with Crippen LogP contribution >= 0.6 is 0 Å². The third-order valence-electron chi connectivity index (χ3n) is 3.83. The van der Waals surface area contributed by atoms with E-state index in [0.717, 1.165) is 5.56 Å². The first-order chi connectivity index (χ1) is 11.1. The fourth-order valence-electron chi connectivity index (χ4n) is 2.60. The van der Waals surface area contributed by atoms with E-state index in [1.54, 1.807) is 0 Å².